The van der Waals surface area contributed by atoms with Gasteiger partial charge in [0.25, 0.3) is 0 Å². The van der Waals surface area contributed by atoms with Crippen molar-refractivity contribution < 1.29 is 25.2 Å². The molecule has 0 amide bonds. The maximum Gasteiger partial charge on any atom is 0.0858 e. The lowest BCUT2D eigenvalue weighted by atomic mass is 9.92. The highest BCUT2D eigenvalue weighted by Gasteiger charge is 2.30. The van der Waals surface area contributed by atoms with Gasteiger partial charge >= 0.3 is 0 Å². The van der Waals surface area contributed by atoms with Gasteiger partial charge in [-0.25, -0.2) is 0 Å². The molecule has 0 spiro atoms. The fourth-order valence-electron chi connectivity index (χ4n) is 3.12. The minimum Gasteiger partial charge on any atom is -0.400 e. The van der Waals surface area contributed by atoms with E-state index in [1.54, 1.807) is 0 Å². The number of aromatic nitrogens is 1. The minimum absolute atomic E-state index is 0.0695. The lowest BCUT2D eigenvalue weighted by Crippen LogP contribution is -2.33. The summed E-state index contributed by atoms with van der Waals surface area (Å²) >= 11 is 0. The van der Waals surface area contributed by atoms with Gasteiger partial charge in [-0.1, -0.05) is 13.8 Å². The molecule has 0 saturated carbocycles. The summed E-state index contributed by atoms with van der Waals surface area (Å²) < 4.78 is 7.89. The van der Waals surface area contributed by atoms with Crippen molar-refractivity contribution >= 4 is 10.9 Å². The lowest BCUT2D eigenvalue weighted by molar-refractivity contribution is -0.114. The third-order valence-electron chi connectivity index (χ3n) is 4.24. The summed E-state index contributed by atoms with van der Waals surface area (Å²) in [4.78, 5) is 0. The normalized spacial score (nSPS) is 22.6. The van der Waals surface area contributed by atoms with Crippen LogP contribution in [0.3, 0.4) is 0 Å². The number of hydrogen-bond donors (Lipinski definition) is 4. The van der Waals surface area contributed by atoms with Gasteiger partial charge < -0.3 is 29.7 Å². The Balaban J connectivity index is 0.000000730. The van der Waals surface area contributed by atoms with Gasteiger partial charge in [0.2, 0.25) is 0 Å². The fourth-order valence-corrected chi connectivity index (χ4v) is 3.12. The third-order valence-corrected chi connectivity index (χ3v) is 4.24. The Bertz CT molecular complexity index is 640. The molecule has 6 nitrogen and oxygen atoms in total. The number of aryl methyl sites for hydroxylation is 1. The van der Waals surface area contributed by atoms with E-state index < -0.39 is 6.10 Å². The molecule has 1 aromatic heterocycles. The molecule has 3 rings (SSSR count). The van der Waals surface area contributed by atoms with Crippen molar-refractivity contribution in [1.29, 1.82) is 0 Å². The minimum atomic E-state index is -0.489. The second kappa shape index (κ2) is 10.5. The van der Waals surface area contributed by atoms with Crippen LogP contribution in [0.25, 0.3) is 10.9 Å². The number of aliphatic hydroxyl groups is 4. The topological polar surface area (TPSA) is 95.1 Å². The lowest BCUT2D eigenvalue weighted by Gasteiger charge is -2.33. The number of ether oxygens (including phenoxy) is 1. The molecule has 4 N–H and O–H groups in total. The van der Waals surface area contributed by atoms with Crippen molar-refractivity contribution in [2.24, 2.45) is 7.05 Å². The molecule has 1 aliphatic rings. The quantitative estimate of drug-likeness (QED) is 0.676. The largest absolute Gasteiger partial charge is 0.400 e. The molecule has 3 unspecified atom stereocenters. The standard InChI is InChI=1S/C16H21NO4.C2H6.CH4O/c1-17-3-2-10-4-11(8-18)14(7-15(10)17)16-6-12(20)5-13(9-19)21-16;2*1-2/h2-4,7,12-13,16,18-20H,5-6,8-9H2,1H3;1-2H3;2H,1H3. The summed E-state index contributed by atoms with van der Waals surface area (Å²) in [7, 11) is 2.97. The van der Waals surface area contributed by atoms with Crippen molar-refractivity contribution in [3.05, 3.63) is 35.5 Å². The van der Waals surface area contributed by atoms with Crippen LogP contribution in [0.5, 0.6) is 0 Å². The summed E-state index contributed by atoms with van der Waals surface area (Å²) in [5, 5.41) is 37.0. The molecular weight excluding hydrogens is 322 g/mol. The van der Waals surface area contributed by atoms with Crippen LogP contribution in [0, 0.1) is 0 Å². The second-order valence-electron chi connectivity index (χ2n) is 5.75. The van der Waals surface area contributed by atoms with Gasteiger partial charge in [-0.2, -0.15) is 0 Å². The molecule has 142 valence electrons. The maximum absolute atomic E-state index is 9.98. The van der Waals surface area contributed by atoms with Crippen molar-refractivity contribution in [1.82, 2.24) is 4.57 Å². The van der Waals surface area contributed by atoms with Gasteiger partial charge in [0.15, 0.2) is 0 Å². The van der Waals surface area contributed by atoms with Crippen LogP contribution >= 0.6 is 0 Å². The molecule has 3 atom stereocenters. The molecule has 1 fully saturated rings. The van der Waals surface area contributed by atoms with Crippen LogP contribution in [0.2, 0.25) is 0 Å². The van der Waals surface area contributed by atoms with Crippen LogP contribution < -0.4 is 0 Å². The first kappa shape index (κ1) is 21.6. The van der Waals surface area contributed by atoms with Gasteiger partial charge in [-0.15, -0.1) is 0 Å². The molecule has 2 aromatic rings. The molecule has 1 aliphatic heterocycles. The highest BCUT2D eigenvalue weighted by Crippen LogP contribution is 2.35. The first-order valence-electron chi connectivity index (χ1n) is 8.70. The Morgan fingerprint density at radius 1 is 1.16 bits per heavy atom. The highest BCUT2D eigenvalue weighted by molar-refractivity contribution is 5.82. The predicted molar refractivity (Wildman–Crippen MR) is 98.3 cm³/mol. The van der Waals surface area contributed by atoms with E-state index in [2.05, 4.69) is 0 Å². The predicted octanol–water partition coefficient (Wildman–Crippen LogP) is 1.88. The molecule has 1 aromatic carbocycles. The number of rotatable bonds is 3. The van der Waals surface area contributed by atoms with Gasteiger partial charge in [0.1, 0.15) is 0 Å². The SMILES string of the molecule is CC.CO.Cn1ccc2cc(CO)c(C3CC(O)CC(CO)O3)cc21. The van der Waals surface area contributed by atoms with Gasteiger partial charge in [0.05, 0.1) is 31.5 Å². The first-order valence-corrected chi connectivity index (χ1v) is 8.70. The number of fused-ring (bicyclic) bond motifs is 1. The number of benzene rings is 1. The van der Waals surface area contributed by atoms with E-state index in [-0.39, 0.29) is 25.4 Å². The summed E-state index contributed by atoms with van der Waals surface area (Å²) in [6.45, 7) is 3.83. The second-order valence-corrected chi connectivity index (χ2v) is 5.75. The van der Waals surface area contributed by atoms with Crippen LogP contribution in [0.15, 0.2) is 24.4 Å². The Hall–Kier alpha value is -1.44. The highest BCUT2D eigenvalue weighted by atomic mass is 16.5. The van der Waals surface area contributed by atoms with E-state index in [1.807, 2.05) is 49.9 Å². The van der Waals surface area contributed by atoms with Crippen LogP contribution in [0.1, 0.15) is 43.9 Å². The zero-order chi connectivity index (χ0) is 19.0. The Morgan fingerprint density at radius 2 is 1.84 bits per heavy atom. The average Bonchev–Trinajstić information content (AvgIpc) is 3.03. The van der Waals surface area contributed by atoms with E-state index in [0.717, 1.165) is 29.1 Å². The molecule has 6 heteroatoms. The smallest absolute Gasteiger partial charge is 0.0858 e. The van der Waals surface area contributed by atoms with E-state index in [4.69, 9.17) is 9.84 Å². The summed E-state index contributed by atoms with van der Waals surface area (Å²) in [5.74, 6) is 0. The summed E-state index contributed by atoms with van der Waals surface area (Å²) in [6, 6.07) is 5.98. The molecular formula is C19H31NO5. The molecule has 25 heavy (non-hydrogen) atoms. The summed E-state index contributed by atoms with van der Waals surface area (Å²) in [5.41, 5.74) is 2.76. The van der Waals surface area contributed by atoms with E-state index in [0.29, 0.717) is 12.8 Å². The monoisotopic (exact) mass is 353 g/mol. The number of nitrogens with zero attached hydrogens (tertiary/aromatic N) is 1. The van der Waals surface area contributed by atoms with Crippen molar-refractivity contribution in [2.75, 3.05) is 13.7 Å². The summed E-state index contributed by atoms with van der Waals surface area (Å²) in [6.07, 6.45) is 1.77. The van der Waals surface area contributed by atoms with E-state index in [1.165, 1.54) is 0 Å². The van der Waals surface area contributed by atoms with Crippen molar-refractivity contribution in [3.63, 3.8) is 0 Å². The third kappa shape index (κ3) is 5.03. The van der Waals surface area contributed by atoms with Crippen LogP contribution in [0.4, 0.5) is 0 Å². The van der Waals surface area contributed by atoms with Crippen molar-refractivity contribution in [3.8, 4) is 0 Å². The first-order chi connectivity index (χ1) is 12.1. The molecule has 0 aliphatic carbocycles. The Labute approximate surface area is 149 Å². The Morgan fingerprint density at radius 3 is 2.44 bits per heavy atom. The fraction of sp³-hybridized carbons (Fsp3) is 0.579. The van der Waals surface area contributed by atoms with Gasteiger partial charge in [0, 0.05) is 38.7 Å². The molecule has 0 bridgehead atoms. The molecule has 0 radical (unpaired) electrons. The van der Waals surface area contributed by atoms with Crippen molar-refractivity contribution in [2.45, 2.75) is 51.6 Å². The number of aliphatic hydroxyl groups excluding tert-OH is 4. The maximum atomic E-state index is 9.98. The van der Waals surface area contributed by atoms with E-state index >= 15 is 0 Å². The van der Waals surface area contributed by atoms with Crippen LogP contribution in [-0.4, -0.2) is 50.9 Å². The number of hydrogen-bond acceptors (Lipinski definition) is 5. The zero-order valence-electron chi connectivity index (χ0n) is 15.5. The van der Waals surface area contributed by atoms with E-state index in [9.17, 15) is 15.3 Å². The van der Waals surface area contributed by atoms with Gasteiger partial charge in [-0.3, -0.25) is 0 Å². The van der Waals surface area contributed by atoms with Gasteiger partial charge in [-0.05, 0) is 34.7 Å². The van der Waals surface area contributed by atoms with Crippen LogP contribution in [-0.2, 0) is 18.4 Å². The Kier molecular flexibility index (Phi) is 9.10. The molecule has 1 saturated heterocycles. The average molecular weight is 353 g/mol. The zero-order valence-corrected chi connectivity index (χ0v) is 15.5. The molecule has 2 heterocycles.